The van der Waals surface area contributed by atoms with Gasteiger partial charge in [-0.05, 0) is 23.8 Å². The number of methoxy groups -OCH3 is 5. The number of ether oxygens (including phenoxy) is 5. The first-order valence-electron chi connectivity index (χ1n) is 11.7. The molecular formula is C28H29FN2O7. The van der Waals surface area contributed by atoms with Gasteiger partial charge in [0, 0.05) is 36.0 Å². The molecule has 1 aliphatic heterocycles. The molecule has 10 heteroatoms. The van der Waals surface area contributed by atoms with Gasteiger partial charge in [0.1, 0.15) is 5.82 Å². The zero-order valence-corrected chi connectivity index (χ0v) is 22.0. The van der Waals surface area contributed by atoms with Crippen molar-refractivity contribution in [1.29, 1.82) is 0 Å². The van der Waals surface area contributed by atoms with E-state index in [4.69, 9.17) is 23.7 Å². The van der Waals surface area contributed by atoms with E-state index in [-0.39, 0.29) is 17.0 Å². The van der Waals surface area contributed by atoms with E-state index >= 15 is 4.39 Å². The molecular weight excluding hydrogens is 495 g/mol. The number of halogens is 1. The Morgan fingerprint density at radius 3 is 1.95 bits per heavy atom. The van der Waals surface area contributed by atoms with Crippen LogP contribution in [0.2, 0.25) is 0 Å². The summed E-state index contributed by atoms with van der Waals surface area (Å²) in [5.41, 5.74) is 1.19. The van der Waals surface area contributed by atoms with E-state index in [1.807, 2.05) is 0 Å². The van der Waals surface area contributed by atoms with Crippen LogP contribution in [0, 0.1) is 5.82 Å². The molecule has 200 valence electrons. The predicted octanol–water partition coefficient (Wildman–Crippen LogP) is 4.42. The van der Waals surface area contributed by atoms with Crippen LogP contribution in [0.3, 0.4) is 0 Å². The molecule has 38 heavy (non-hydrogen) atoms. The van der Waals surface area contributed by atoms with Gasteiger partial charge in [-0.25, -0.2) is 4.39 Å². The number of carbonyl (C=O) groups excluding carboxylic acids is 2. The molecule has 2 amide bonds. The second-order valence-electron chi connectivity index (χ2n) is 8.56. The molecule has 1 heterocycles. The molecule has 3 aromatic carbocycles. The van der Waals surface area contributed by atoms with Crippen molar-refractivity contribution in [2.24, 2.45) is 0 Å². The Hall–Kier alpha value is -4.47. The highest BCUT2D eigenvalue weighted by Gasteiger charge is 2.44. The summed E-state index contributed by atoms with van der Waals surface area (Å²) in [7, 11) is 8.87. The fourth-order valence-corrected chi connectivity index (χ4v) is 4.81. The van der Waals surface area contributed by atoms with Crippen molar-refractivity contribution in [1.82, 2.24) is 4.90 Å². The smallest absolute Gasteiger partial charge is 0.254 e. The number of benzene rings is 3. The lowest BCUT2D eigenvalue weighted by Crippen LogP contribution is -2.44. The van der Waals surface area contributed by atoms with E-state index in [1.165, 1.54) is 52.6 Å². The molecule has 0 radical (unpaired) electrons. The molecule has 0 spiro atoms. The van der Waals surface area contributed by atoms with Crippen molar-refractivity contribution in [2.75, 3.05) is 47.9 Å². The molecule has 0 saturated heterocycles. The first kappa shape index (κ1) is 26.6. The summed E-state index contributed by atoms with van der Waals surface area (Å²) in [5.74, 6) is -0.697. The summed E-state index contributed by atoms with van der Waals surface area (Å²) in [6, 6.07) is 11.4. The minimum Gasteiger partial charge on any atom is -0.493 e. The lowest BCUT2D eigenvalue weighted by atomic mass is 9.79. The summed E-state index contributed by atoms with van der Waals surface area (Å²) in [5, 5.41) is 2.89. The van der Waals surface area contributed by atoms with Crippen molar-refractivity contribution in [3.8, 4) is 28.7 Å². The first-order chi connectivity index (χ1) is 18.3. The quantitative estimate of drug-likeness (QED) is 0.466. The van der Waals surface area contributed by atoms with E-state index in [0.29, 0.717) is 40.0 Å². The fourth-order valence-electron chi connectivity index (χ4n) is 4.81. The Balaban J connectivity index is 1.89. The highest BCUT2D eigenvalue weighted by molar-refractivity contribution is 6.05. The van der Waals surface area contributed by atoms with E-state index in [9.17, 15) is 9.59 Å². The minimum atomic E-state index is -1.01. The van der Waals surface area contributed by atoms with Crippen LogP contribution >= 0.6 is 0 Å². The zero-order valence-electron chi connectivity index (χ0n) is 22.0. The van der Waals surface area contributed by atoms with Crippen LogP contribution in [0.25, 0.3) is 0 Å². The van der Waals surface area contributed by atoms with E-state index in [1.54, 1.807) is 43.4 Å². The fraction of sp³-hybridized carbons (Fsp3) is 0.286. The normalized spacial score (nSPS) is 16.4. The minimum absolute atomic E-state index is 0.203. The van der Waals surface area contributed by atoms with Gasteiger partial charge in [-0.2, -0.15) is 0 Å². The number of hydrogen-bond donors (Lipinski definition) is 1. The van der Waals surface area contributed by atoms with Gasteiger partial charge < -0.3 is 33.9 Å². The van der Waals surface area contributed by atoms with E-state index < -0.39 is 23.7 Å². The maximum atomic E-state index is 15.1. The molecule has 2 atom stereocenters. The van der Waals surface area contributed by atoms with Crippen LogP contribution < -0.4 is 29.0 Å². The molecule has 0 unspecified atom stereocenters. The summed E-state index contributed by atoms with van der Waals surface area (Å²) in [4.78, 5) is 28.9. The summed E-state index contributed by atoms with van der Waals surface area (Å²) < 4.78 is 42.1. The number of carbonyl (C=O) groups is 2. The predicted molar refractivity (Wildman–Crippen MR) is 138 cm³/mol. The Kier molecular flexibility index (Phi) is 7.61. The number of nitrogens with one attached hydrogen (secondary N) is 1. The van der Waals surface area contributed by atoms with Crippen molar-refractivity contribution in [3.63, 3.8) is 0 Å². The molecule has 1 N–H and O–H groups in total. The highest BCUT2D eigenvalue weighted by atomic mass is 19.1. The Labute approximate surface area is 220 Å². The molecule has 1 aliphatic rings. The van der Waals surface area contributed by atoms with Crippen molar-refractivity contribution < 1.29 is 37.7 Å². The molecule has 0 bridgehead atoms. The number of hydrogen-bond acceptors (Lipinski definition) is 7. The molecule has 0 aromatic heterocycles. The largest absolute Gasteiger partial charge is 0.493 e. The zero-order chi connectivity index (χ0) is 27.6. The summed E-state index contributed by atoms with van der Waals surface area (Å²) >= 11 is 0. The Morgan fingerprint density at radius 1 is 0.816 bits per heavy atom. The highest BCUT2D eigenvalue weighted by Crippen LogP contribution is 2.47. The van der Waals surface area contributed by atoms with Gasteiger partial charge in [-0.15, -0.1) is 0 Å². The average molecular weight is 525 g/mol. The number of amides is 2. The maximum absolute atomic E-state index is 15.1. The van der Waals surface area contributed by atoms with Gasteiger partial charge in [0.25, 0.3) is 5.91 Å². The van der Waals surface area contributed by atoms with Gasteiger partial charge in [0.05, 0.1) is 47.5 Å². The second-order valence-corrected chi connectivity index (χ2v) is 8.56. The Morgan fingerprint density at radius 2 is 1.39 bits per heavy atom. The van der Waals surface area contributed by atoms with Crippen molar-refractivity contribution >= 4 is 17.5 Å². The van der Waals surface area contributed by atoms with E-state index in [2.05, 4.69) is 5.32 Å². The number of anilines is 1. The van der Waals surface area contributed by atoms with E-state index in [0.717, 1.165) is 0 Å². The van der Waals surface area contributed by atoms with Crippen LogP contribution in [-0.2, 0) is 4.79 Å². The van der Waals surface area contributed by atoms with Gasteiger partial charge in [0.15, 0.2) is 23.0 Å². The van der Waals surface area contributed by atoms with Crippen LogP contribution in [0.1, 0.15) is 33.4 Å². The molecule has 4 rings (SSSR count). The maximum Gasteiger partial charge on any atom is 0.254 e. The van der Waals surface area contributed by atoms with Gasteiger partial charge in [0.2, 0.25) is 11.7 Å². The van der Waals surface area contributed by atoms with Crippen molar-refractivity contribution in [2.45, 2.75) is 12.0 Å². The second kappa shape index (κ2) is 10.9. The first-order valence-corrected chi connectivity index (χ1v) is 11.7. The average Bonchev–Trinajstić information content (AvgIpc) is 2.93. The lowest BCUT2D eigenvalue weighted by molar-refractivity contribution is -0.119. The molecule has 0 fully saturated rings. The third-order valence-corrected chi connectivity index (χ3v) is 6.61. The molecule has 0 saturated carbocycles. The summed E-state index contributed by atoms with van der Waals surface area (Å²) in [6.45, 7) is 0. The number of fused-ring (bicyclic) bond motifs is 1. The third kappa shape index (κ3) is 4.53. The Bertz CT molecular complexity index is 1350. The van der Waals surface area contributed by atoms with Crippen molar-refractivity contribution in [3.05, 3.63) is 71.0 Å². The van der Waals surface area contributed by atoms with Crippen LogP contribution in [0.4, 0.5) is 10.1 Å². The summed E-state index contributed by atoms with van der Waals surface area (Å²) in [6.07, 6.45) is 0. The lowest BCUT2D eigenvalue weighted by Gasteiger charge is -2.40. The van der Waals surface area contributed by atoms with Crippen LogP contribution in [0.5, 0.6) is 28.7 Å². The molecule has 3 aromatic rings. The SMILES string of the molecule is COc1cc2c(cc1OC)[C@H](C(=O)Nc1cc(OC)c(OC)c(OC)c1)[C@@H](c1ccccc1F)N(C)C2=O. The van der Waals surface area contributed by atoms with Crippen LogP contribution in [0.15, 0.2) is 48.5 Å². The van der Waals surface area contributed by atoms with Gasteiger partial charge in [-0.1, -0.05) is 18.2 Å². The molecule has 0 aliphatic carbocycles. The molecule has 9 nitrogen and oxygen atoms in total. The third-order valence-electron chi connectivity index (χ3n) is 6.61. The monoisotopic (exact) mass is 524 g/mol. The number of rotatable bonds is 8. The standard InChI is InChI=1S/C28H29FN2O7/c1-31-25(16-9-7-8-10-19(16)29)24(17-13-20(34-2)21(35-3)14-18(17)28(31)33)27(32)30-15-11-22(36-4)26(38-6)23(12-15)37-5/h7-14,24-25H,1-6H3,(H,30,32)/t24-,25+/m0/s1. The number of nitrogens with zero attached hydrogens (tertiary/aromatic N) is 1. The topological polar surface area (TPSA) is 95.6 Å². The number of likely N-dealkylation sites (N-methyl/N-ethyl adjacent to an activating group) is 1. The van der Waals surface area contributed by atoms with Crippen LogP contribution in [-0.4, -0.2) is 59.3 Å². The van der Waals surface area contributed by atoms with Gasteiger partial charge >= 0.3 is 0 Å². The van der Waals surface area contributed by atoms with Gasteiger partial charge in [-0.3, -0.25) is 9.59 Å².